The number of carboxylic acids is 1. The smallest absolute Gasteiger partial charge is 0.331 e. The largest absolute Gasteiger partial charge is 0.491 e. The third-order valence-electron chi connectivity index (χ3n) is 3.88. The summed E-state index contributed by atoms with van der Waals surface area (Å²) >= 11 is 0. The molecule has 2 aromatic rings. The molecule has 0 aromatic heterocycles. The van der Waals surface area contributed by atoms with Gasteiger partial charge in [0, 0.05) is 5.57 Å². The third kappa shape index (κ3) is 5.76. The maximum absolute atomic E-state index is 10.8. The molecule has 0 heterocycles. The number of hydrogen-bond acceptors (Lipinski definition) is 3. The van der Waals surface area contributed by atoms with Crippen molar-refractivity contribution in [3.8, 4) is 5.75 Å². The Morgan fingerprint density at radius 1 is 1.04 bits per heavy atom. The fourth-order valence-corrected chi connectivity index (χ4v) is 2.35. The lowest BCUT2D eigenvalue weighted by Crippen LogP contribution is -2.24. The number of benzene rings is 2. The molecule has 132 valence electrons. The highest BCUT2D eigenvalue weighted by Gasteiger charge is 2.20. The van der Waals surface area contributed by atoms with Crippen molar-refractivity contribution in [2.45, 2.75) is 26.4 Å². The van der Waals surface area contributed by atoms with E-state index >= 15 is 0 Å². The maximum Gasteiger partial charge on any atom is 0.331 e. The number of rotatable bonds is 8. The molecule has 0 atom stereocenters. The van der Waals surface area contributed by atoms with Crippen molar-refractivity contribution < 1.29 is 19.4 Å². The second-order valence-electron chi connectivity index (χ2n) is 6.27. The summed E-state index contributed by atoms with van der Waals surface area (Å²) in [7, 11) is 0. The van der Waals surface area contributed by atoms with Crippen LogP contribution >= 0.6 is 0 Å². The third-order valence-corrected chi connectivity index (χ3v) is 3.88. The number of hydrogen-bond donors (Lipinski definition) is 1. The molecule has 0 aliphatic rings. The van der Waals surface area contributed by atoms with Gasteiger partial charge in [0.1, 0.15) is 12.4 Å². The summed E-state index contributed by atoms with van der Waals surface area (Å²) < 4.78 is 11.6. The lowest BCUT2D eigenvalue weighted by atomic mass is 9.98. The van der Waals surface area contributed by atoms with Gasteiger partial charge in [-0.15, -0.1) is 0 Å². The fraction of sp³-hybridized carbons (Fsp3) is 0.286. The number of ether oxygens (including phenoxy) is 2. The zero-order valence-corrected chi connectivity index (χ0v) is 14.9. The van der Waals surface area contributed by atoms with Crippen LogP contribution in [0.25, 0.3) is 6.08 Å². The summed E-state index contributed by atoms with van der Waals surface area (Å²) in [6, 6.07) is 17.4. The Bertz CT molecular complexity index is 715. The number of carboxylic acid groups (broad SMARTS) is 1. The monoisotopic (exact) mass is 340 g/mol. The Hall–Kier alpha value is -2.59. The van der Waals surface area contributed by atoms with E-state index in [9.17, 15) is 4.79 Å². The Labute approximate surface area is 148 Å². The molecule has 4 nitrogen and oxygen atoms in total. The van der Waals surface area contributed by atoms with Gasteiger partial charge >= 0.3 is 5.97 Å². The highest BCUT2D eigenvalue weighted by molar-refractivity contribution is 5.91. The first-order valence-electron chi connectivity index (χ1n) is 8.22. The van der Waals surface area contributed by atoms with Crippen LogP contribution in [-0.2, 0) is 15.1 Å². The van der Waals surface area contributed by atoms with Gasteiger partial charge in [0.05, 0.1) is 12.2 Å². The van der Waals surface area contributed by atoms with Crippen LogP contribution in [0.15, 0.2) is 60.2 Å². The van der Waals surface area contributed by atoms with E-state index in [1.54, 1.807) is 13.0 Å². The molecule has 0 spiro atoms. The van der Waals surface area contributed by atoms with Crippen molar-refractivity contribution in [2.75, 3.05) is 13.2 Å². The van der Waals surface area contributed by atoms with Crippen LogP contribution in [0, 0.1) is 0 Å². The van der Waals surface area contributed by atoms with Crippen LogP contribution in [-0.4, -0.2) is 24.3 Å². The minimum absolute atomic E-state index is 0.296. The van der Waals surface area contributed by atoms with E-state index in [2.05, 4.69) is 0 Å². The molecule has 0 radical (unpaired) electrons. The van der Waals surface area contributed by atoms with Crippen LogP contribution in [0.2, 0.25) is 0 Å². The highest BCUT2D eigenvalue weighted by Crippen LogP contribution is 2.24. The fourth-order valence-electron chi connectivity index (χ4n) is 2.35. The van der Waals surface area contributed by atoms with Crippen LogP contribution in [0.4, 0.5) is 0 Å². The van der Waals surface area contributed by atoms with Crippen molar-refractivity contribution in [1.82, 2.24) is 0 Å². The van der Waals surface area contributed by atoms with E-state index in [4.69, 9.17) is 14.6 Å². The molecule has 0 aliphatic carbocycles. The average molecular weight is 340 g/mol. The highest BCUT2D eigenvalue weighted by atomic mass is 16.5. The minimum Gasteiger partial charge on any atom is -0.491 e. The van der Waals surface area contributed by atoms with Crippen molar-refractivity contribution in [3.05, 3.63) is 71.3 Å². The summed E-state index contributed by atoms with van der Waals surface area (Å²) in [5.41, 5.74) is 1.88. The Kier molecular flexibility index (Phi) is 6.37. The predicted octanol–water partition coefficient (Wildman–Crippen LogP) is 4.51. The van der Waals surface area contributed by atoms with Crippen LogP contribution in [0.1, 0.15) is 31.9 Å². The summed E-state index contributed by atoms with van der Waals surface area (Å²) in [6.45, 7) is 6.56. The first-order valence-corrected chi connectivity index (χ1v) is 8.22. The second kappa shape index (κ2) is 8.49. The molecule has 4 heteroatoms. The number of aliphatic carboxylic acids is 1. The molecule has 0 bridgehead atoms. The second-order valence-corrected chi connectivity index (χ2v) is 6.27. The zero-order valence-electron chi connectivity index (χ0n) is 14.9. The van der Waals surface area contributed by atoms with Gasteiger partial charge in [-0.3, -0.25) is 0 Å². The van der Waals surface area contributed by atoms with Crippen molar-refractivity contribution in [3.63, 3.8) is 0 Å². The molecule has 25 heavy (non-hydrogen) atoms. The Morgan fingerprint density at radius 3 is 2.28 bits per heavy atom. The minimum atomic E-state index is -0.918. The summed E-state index contributed by atoms with van der Waals surface area (Å²) in [4.78, 5) is 10.8. The topological polar surface area (TPSA) is 55.8 Å². The molecule has 0 fully saturated rings. The van der Waals surface area contributed by atoms with Crippen molar-refractivity contribution >= 4 is 12.0 Å². The van der Waals surface area contributed by atoms with Gasteiger partial charge in [0.2, 0.25) is 0 Å². The number of carbonyl (C=O) groups is 1. The zero-order chi connectivity index (χ0) is 18.3. The van der Waals surface area contributed by atoms with E-state index < -0.39 is 5.97 Å². The normalized spacial score (nSPS) is 12.0. The molecule has 0 saturated carbocycles. The lowest BCUT2D eigenvalue weighted by Gasteiger charge is -2.26. The predicted molar refractivity (Wildman–Crippen MR) is 98.6 cm³/mol. The van der Waals surface area contributed by atoms with E-state index in [-0.39, 0.29) is 5.60 Å². The molecule has 0 unspecified atom stereocenters. The standard InChI is InChI=1S/C21H24O4/c1-16(20(22)23)15-17-9-11-19(12-10-17)24-13-14-25-21(2,3)18-7-5-4-6-8-18/h4-12,15H,13-14H2,1-3H3,(H,22,23). The van der Waals surface area contributed by atoms with Gasteiger partial charge in [0.25, 0.3) is 0 Å². The Morgan fingerprint density at radius 2 is 1.68 bits per heavy atom. The lowest BCUT2D eigenvalue weighted by molar-refractivity contribution is -0.132. The summed E-state index contributed by atoms with van der Waals surface area (Å²) in [6.07, 6.45) is 1.62. The van der Waals surface area contributed by atoms with Crippen LogP contribution in [0.3, 0.4) is 0 Å². The molecular weight excluding hydrogens is 316 g/mol. The summed E-state index contributed by atoms with van der Waals surface area (Å²) in [5, 5.41) is 8.88. The van der Waals surface area contributed by atoms with Gasteiger partial charge in [0.15, 0.2) is 0 Å². The molecule has 0 saturated heterocycles. The van der Waals surface area contributed by atoms with Gasteiger partial charge in [-0.2, -0.15) is 0 Å². The van der Waals surface area contributed by atoms with E-state index in [1.165, 1.54) is 0 Å². The first-order chi connectivity index (χ1) is 11.9. The van der Waals surface area contributed by atoms with E-state index in [0.717, 1.165) is 16.9 Å². The average Bonchev–Trinajstić information content (AvgIpc) is 2.61. The summed E-state index contributed by atoms with van der Waals surface area (Å²) in [5.74, 6) is -0.190. The Balaban J connectivity index is 1.82. The SMILES string of the molecule is CC(=Cc1ccc(OCCOC(C)(C)c2ccccc2)cc1)C(=O)O. The molecule has 2 rings (SSSR count). The quantitative estimate of drug-likeness (QED) is 0.567. The molecule has 0 aliphatic heterocycles. The van der Waals surface area contributed by atoms with Gasteiger partial charge in [-0.25, -0.2) is 4.79 Å². The van der Waals surface area contributed by atoms with Crippen molar-refractivity contribution in [1.29, 1.82) is 0 Å². The first kappa shape index (κ1) is 18.7. The van der Waals surface area contributed by atoms with E-state index in [0.29, 0.717) is 18.8 Å². The molecule has 2 aromatic carbocycles. The van der Waals surface area contributed by atoms with E-state index in [1.807, 2.05) is 68.4 Å². The van der Waals surface area contributed by atoms with Crippen LogP contribution < -0.4 is 4.74 Å². The van der Waals surface area contributed by atoms with Gasteiger partial charge in [-0.1, -0.05) is 42.5 Å². The maximum atomic E-state index is 10.8. The molecule has 0 amide bonds. The van der Waals surface area contributed by atoms with Gasteiger partial charge in [-0.05, 0) is 50.1 Å². The van der Waals surface area contributed by atoms with Crippen LogP contribution in [0.5, 0.6) is 5.75 Å². The molecule has 1 N–H and O–H groups in total. The molecular formula is C21H24O4. The van der Waals surface area contributed by atoms with Crippen molar-refractivity contribution in [2.24, 2.45) is 0 Å². The van der Waals surface area contributed by atoms with Gasteiger partial charge < -0.3 is 14.6 Å².